The summed E-state index contributed by atoms with van der Waals surface area (Å²) >= 11 is 0. The zero-order valence-electron chi connectivity index (χ0n) is 15.4. The highest BCUT2D eigenvalue weighted by Gasteiger charge is 2.26. The van der Waals surface area contributed by atoms with E-state index in [0.29, 0.717) is 6.04 Å². The molecule has 3 aromatic rings. The Labute approximate surface area is 155 Å². The largest absolute Gasteiger partial charge is 0.340 e. The number of nitrogens with zero attached hydrogens (tertiary/aromatic N) is 4. The molecule has 0 aliphatic carbocycles. The Morgan fingerprint density at radius 2 is 1.69 bits per heavy atom. The van der Waals surface area contributed by atoms with Crippen molar-refractivity contribution < 1.29 is 0 Å². The molecule has 2 aliphatic rings. The lowest BCUT2D eigenvalue weighted by molar-refractivity contribution is 0.197. The maximum Gasteiger partial charge on any atom is 0.206 e. The van der Waals surface area contributed by atoms with Gasteiger partial charge in [0.25, 0.3) is 0 Å². The number of hydrogen-bond donors (Lipinski definition) is 0. The molecular formula is C22H26N4. The third-order valence-corrected chi connectivity index (χ3v) is 6.08. The first-order valence-electron chi connectivity index (χ1n) is 9.83. The van der Waals surface area contributed by atoms with Crippen LogP contribution in [0.1, 0.15) is 30.5 Å². The van der Waals surface area contributed by atoms with E-state index in [1.807, 2.05) is 0 Å². The van der Waals surface area contributed by atoms with Crippen molar-refractivity contribution in [2.45, 2.75) is 32.4 Å². The third kappa shape index (κ3) is 2.60. The first-order valence-corrected chi connectivity index (χ1v) is 9.83. The molecule has 3 heterocycles. The van der Waals surface area contributed by atoms with Gasteiger partial charge in [0.1, 0.15) is 0 Å². The number of aromatic nitrogens is 2. The van der Waals surface area contributed by atoms with Gasteiger partial charge in [-0.05, 0) is 37.0 Å². The molecule has 1 saturated heterocycles. The van der Waals surface area contributed by atoms with Crippen LogP contribution in [0.15, 0.2) is 48.5 Å². The van der Waals surface area contributed by atoms with Crippen molar-refractivity contribution in [1.29, 1.82) is 0 Å². The van der Waals surface area contributed by atoms with Gasteiger partial charge in [0.2, 0.25) is 5.95 Å². The normalized spacial score (nSPS) is 19.0. The zero-order chi connectivity index (χ0) is 17.5. The highest BCUT2D eigenvalue weighted by Crippen LogP contribution is 2.31. The first-order chi connectivity index (χ1) is 12.8. The minimum Gasteiger partial charge on any atom is -0.340 e. The van der Waals surface area contributed by atoms with E-state index in [-0.39, 0.29) is 0 Å². The van der Waals surface area contributed by atoms with Crippen LogP contribution in [0.5, 0.6) is 0 Å². The number of piperazine rings is 1. The van der Waals surface area contributed by atoms with Crippen molar-refractivity contribution in [2.75, 3.05) is 31.1 Å². The molecule has 4 heteroatoms. The topological polar surface area (TPSA) is 24.3 Å². The van der Waals surface area contributed by atoms with Crippen LogP contribution in [0.3, 0.4) is 0 Å². The Hall–Kier alpha value is -2.33. The van der Waals surface area contributed by atoms with E-state index in [0.717, 1.165) is 38.2 Å². The fourth-order valence-corrected chi connectivity index (χ4v) is 4.58. The predicted molar refractivity (Wildman–Crippen MR) is 107 cm³/mol. The van der Waals surface area contributed by atoms with Crippen LogP contribution in [0.2, 0.25) is 0 Å². The molecule has 0 spiro atoms. The minimum atomic E-state index is 0.475. The molecule has 134 valence electrons. The van der Waals surface area contributed by atoms with E-state index in [9.17, 15) is 0 Å². The SMILES string of the molecule is CC(c1ccccc1)N1CCN(c2nc3cccc4c3n2CCC4)CC1. The number of rotatable bonds is 3. The Kier molecular flexibility index (Phi) is 3.93. The van der Waals surface area contributed by atoms with Gasteiger partial charge in [0, 0.05) is 38.8 Å². The lowest BCUT2D eigenvalue weighted by atomic mass is 10.0. The maximum absolute atomic E-state index is 5.01. The summed E-state index contributed by atoms with van der Waals surface area (Å²) in [6, 6.07) is 17.9. The molecule has 5 rings (SSSR count). The van der Waals surface area contributed by atoms with Crippen molar-refractivity contribution in [3.8, 4) is 0 Å². The van der Waals surface area contributed by atoms with Gasteiger partial charge in [-0.25, -0.2) is 4.98 Å². The van der Waals surface area contributed by atoms with E-state index in [1.54, 1.807) is 0 Å². The quantitative estimate of drug-likeness (QED) is 0.720. The van der Waals surface area contributed by atoms with E-state index in [4.69, 9.17) is 4.98 Å². The van der Waals surface area contributed by atoms with Gasteiger partial charge in [-0.15, -0.1) is 0 Å². The molecule has 0 radical (unpaired) electrons. The standard InChI is InChI=1S/C22H26N4/c1-17(18-7-3-2-4-8-18)24-13-15-25(16-14-24)22-23-20-11-5-9-19-10-6-12-26(22)21(19)20/h2-5,7-9,11,17H,6,10,12-16H2,1H3. The van der Waals surface area contributed by atoms with E-state index in [2.05, 4.69) is 69.8 Å². The average Bonchev–Trinajstić information content (AvgIpc) is 3.09. The fourth-order valence-electron chi connectivity index (χ4n) is 4.58. The summed E-state index contributed by atoms with van der Waals surface area (Å²) in [6.07, 6.45) is 2.41. The third-order valence-electron chi connectivity index (χ3n) is 6.08. The van der Waals surface area contributed by atoms with E-state index < -0.39 is 0 Å². The monoisotopic (exact) mass is 346 g/mol. The molecule has 0 N–H and O–H groups in total. The smallest absolute Gasteiger partial charge is 0.206 e. The van der Waals surface area contributed by atoms with Crippen molar-refractivity contribution >= 4 is 17.0 Å². The van der Waals surface area contributed by atoms with Crippen molar-refractivity contribution in [3.63, 3.8) is 0 Å². The second-order valence-corrected chi connectivity index (χ2v) is 7.56. The van der Waals surface area contributed by atoms with Crippen molar-refractivity contribution in [1.82, 2.24) is 14.5 Å². The predicted octanol–water partition coefficient (Wildman–Crippen LogP) is 3.87. The molecule has 2 aromatic carbocycles. The van der Waals surface area contributed by atoms with Gasteiger partial charge in [-0.1, -0.05) is 42.5 Å². The number of aryl methyl sites for hydroxylation is 2. The summed E-state index contributed by atoms with van der Waals surface area (Å²) in [4.78, 5) is 10.1. The molecule has 1 fully saturated rings. The Bertz CT molecular complexity index is 907. The zero-order valence-corrected chi connectivity index (χ0v) is 15.4. The second-order valence-electron chi connectivity index (χ2n) is 7.56. The summed E-state index contributed by atoms with van der Waals surface area (Å²) < 4.78 is 2.46. The molecule has 0 saturated carbocycles. The summed E-state index contributed by atoms with van der Waals surface area (Å²) in [6.45, 7) is 7.71. The maximum atomic E-state index is 5.01. The Morgan fingerprint density at radius 1 is 0.885 bits per heavy atom. The molecule has 2 aliphatic heterocycles. The second kappa shape index (κ2) is 6.44. The van der Waals surface area contributed by atoms with Gasteiger partial charge >= 0.3 is 0 Å². The molecule has 1 atom stereocenters. The van der Waals surface area contributed by atoms with Gasteiger partial charge in [-0.2, -0.15) is 0 Å². The number of anilines is 1. The number of hydrogen-bond acceptors (Lipinski definition) is 3. The molecule has 1 aromatic heterocycles. The molecule has 1 unspecified atom stereocenters. The Morgan fingerprint density at radius 3 is 2.50 bits per heavy atom. The fraction of sp³-hybridized carbons (Fsp3) is 0.409. The Balaban J connectivity index is 1.36. The van der Waals surface area contributed by atoms with Gasteiger partial charge < -0.3 is 9.47 Å². The number of para-hydroxylation sites is 1. The van der Waals surface area contributed by atoms with E-state index in [1.165, 1.54) is 35.4 Å². The summed E-state index contributed by atoms with van der Waals surface area (Å²) in [5.74, 6) is 1.18. The lowest BCUT2D eigenvalue weighted by Crippen LogP contribution is -2.48. The average molecular weight is 346 g/mol. The van der Waals surface area contributed by atoms with Crippen LogP contribution in [0, 0.1) is 0 Å². The molecule has 4 nitrogen and oxygen atoms in total. The van der Waals surface area contributed by atoms with Crippen molar-refractivity contribution in [2.24, 2.45) is 0 Å². The first kappa shape index (κ1) is 15.9. The molecule has 0 bridgehead atoms. The summed E-state index contributed by atoms with van der Waals surface area (Å²) in [5.41, 5.74) is 5.40. The van der Waals surface area contributed by atoms with E-state index >= 15 is 0 Å². The summed E-state index contributed by atoms with van der Waals surface area (Å²) in [7, 11) is 0. The van der Waals surface area contributed by atoms with Gasteiger partial charge in [0.05, 0.1) is 11.0 Å². The molecule has 26 heavy (non-hydrogen) atoms. The number of benzene rings is 2. The van der Waals surface area contributed by atoms with Crippen LogP contribution < -0.4 is 4.90 Å². The lowest BCUT2D eigenvalue weighted by Gasteiger charge is -2.39. The highest BCUT2D eigenvalue weighted by atomic mass is 15.4. The van der Waals surface area contributed by atoms with Gasteiger partial charge in [-0.3, -0.25) is 4.90 Å². The van der Waals surface area contributed by atoms with Crippen LogP contribution in [-0.2, 0) is 13.0 Å². The van der Waals surface area contributed by atoms with Crippen LogP contribution in [0.4, 0.5) is 5.95 Å². The van der Waals surface area contributed by atoms with Crippen LogP contribution in [0.25, 0.3) is 11.0 Å². The minimum absolute atomic E-state index is 0.475. The summed E-state index contributed by atoms with van der Waals surface area (Å²) in [5, 5.41) is 0. The van der Waals surface area contributed by atoms with Gasteiger partial charge in [0.15, 0.2) is 0 Å². The number of imidazole rings is 1. The molecular weight excluding hydrogens is 320 g/mol. The van der Waals surface area contributed by atoms with Crippen LogP contribution in [-0.4, -0.2) is 40.6 Å². The molecule has 0 amide bonds. The highest BCUT2D eigenvalue weighted by molar-refractivity contribution is 5.83. The van der Waals surface area contributed by atoms with Crippen molar-refractivity contribution in [3.05, 3.63) is 59.7 Å². The van der Waals surface area contributed by atoms with Crippen LogP contribution >= 0.6 is 0 Å².